The zero-order valence-electron chi connectivity index (χ0n) is 13.2. The normalized spacial score (nSPS) is 10.6. The van der Waals surface area contributed by atoms with E-state index >= 15 is 0 Å². The van der Waals surface area contributed by atoms with Crippen molar-refractivity contribution in [1.82, 2.24) is 10.6 Å². The van der Waals surface area contributed by atoms with E-state index in [9.17, 15) is 0 Å². The van der Waals surface area contributed by atoms with Crippen LogP contribution in [0.2, 0.25) is 10.0 Å². The van der Waals surface area contributed by atoms with Crippen molar-refractivity contribution in [3.8, 4) is 0 Å². The van der Waals surface area contributed by atoms with Gasteiger partial charge >= 0.3 is 0 Å². The van der Waals surface area contributed by atoms with Crippen molar-refractivity contribution in [2.75, 3.05) is 18.4 Å². The quantitative estimate of drug-likeness (QED) is 0.307. The highest BCUT2D eigenvalue weighted by molar-refractivity contribution is 9.11. The molecule has 0 unspecified atom stereocenters. The molecule has 0 aromatic heterocycles. The van der Waals surface area contributed by atoms with Crippen molar-refractivity contribution in [3.05, 3.63) is 61.0 Å². The minimum atomic E-state index is 0.498. The third-order valence-corrected chi connectivity index (χ3v) is 5.15. The van der Waals surface area contributed by atoms with Gasteiger partial charge in [0.1, 0.15) is 0 Å². The van der Waals surface area contributed by atoms with Crippen molar-refractivity contribution in [2.45, 2.75) is 13.0 Å². The van der Waals surface area contributed by atoms with Crippen LogP contribution in [0.3, 0.4) is 0 Å². The van der Waals surface area contributed by atoms with Crippen LogP contribution < -0.4 is 16.0 Å². The average molecular weight is 526 g/mol. The van der Waals surface area contributed by atoms with E-state index in [-0.39, 0.29) is 0 Å². The molecule has 0 aliphatic carbocycles. The number of thiocarbonyl (C=S) groups is 1. The Balaban J connectivity index is 1.62. The van der Waals surface area contributed by atoms with Crippen molar-refractivity contribution >= 4 is 78.1 Å². The topological polar surface area (TPSA) is 36.1 Å². The first-order valence-electron chi connectivity index (χ1n) is 7.59. The first-order chi connectivity index (χ1) is 11.9. The largest absolute Gasteiger partial charge is 0.362 e. The molecule has 2 aromatic carbocycles. The maximum atomic E-state index is 5.98. The highest BCUT2D eigenvalue weighted by Crippen LogP contribution is 2.24. The Labute approximate surface area is 180 Å². The fourth-order valence-electron chi connectivity index (χ4n) is 2.11. The summed E-state index contributed by atoms with van der Waals surface area (Å²) in [5.41, 5.74) is 2.04. The maximum absolute atomic E-state index is 5.98. The second-order valence-electron chi connectivity index (χ2n) is 5.32. The van der Waals surface area contributed by atoms with Crippen LogP contribution in [0.25, 0.3) is 0 Å². The Hall–Kier alpha value is -0.370. The summed E-state index contributed by atoms with van der Waals surface area (Å²) in [6, 6.07) is 11.5. The molecule has 0 atom stereocenters. The summed E-state index contributed by atoms with van der Waals surface area (Å²) in [4.78, 5) is 0. The van der Waals surface area contributed by atoms with Gasteiger partial charge in [0.2, 0.25) is 0 Å². The average Bonchev–Trinajstić information content (AvgIpc) is 2.53. The molecule has 2 rings (SSSR count). The van der Waals surface area contributed by atoms with E-state index in [4.69, 9.17) is 35.4 Å². The predicted octanol–water partition coefficient (Wildman–Crippen LogP) is 5.98. The molecule has 0 fully saturated rings. The lowest BCUT2D eigenvalue weighted by atomic mass is 10.2. The number of hydrogen-bond acceptors (Lipinski definition) is 2. The van der Waals surface area contributed by atoms with Gasteiger partial charge in [-0.3, -0.25) is 0 Å². The van der Waals surface area contributed by atoms with E-state index in [0.717, 1.165) is 40.7 Å². The van der Waals surface area contributed by atoms with Gasteiger partial charge in [0.05, 0.1) is 10.0 Å². The Morgan fingerprint density at radius 3 is 2.36 bits per heavy atom. The fraction of sp³-hybridized carbons (Fsp3) is 0.235. The Bertz CT molecular complexity index is 724. The number of halogens is 4. The molecule has 0 radical (unpaired) electrons. The molecule has 25 heavy (non-hydrogen) atoms. The minimum absolute atomic E-state index is 0.498. The van der Waals surface area contributed by atoms with E-state index in [1.54, 1.807) is 12.1 Å². The third-order valence-electron chi connectivity index (χ3n) is 3.24. The number of nitrogens with one attached hydrogen (secondary N) is 3. The van der Waals surface area contributed by atoms with Gasteiger partial charge in [-0.15, -0.1) is 0 Å². The van der Waals surface area contributed by atoms with Crippen LogP contribution in [0.15, 0.2) is 45.3 Å². The van der Waals surface area contributed by atoms with Gasteiger partial charge in [-0.2, -0.15) is 0 Å². The van der Waals surface area contributed by atoms with Gasteiger partial charge in [0.15, 0.2) is 5.11 Å². The highest BCUT2D eigenvalue weighted by Gasteiger charge is 2.02. The third kappa shape index (κ3) is 7.81. The molecule has 8 heteroatoms. The summed E-state index contributed by atoms with van der Waals surface area (Å²) < 4.78 is 2.14. The zero-order chi connectivity index (χ0) is 18.2. The molecule has 0 saturated carbocycles. The van der Waals surface area contributed by atoms with Gasteiger partial charge in [0.25, 0.3) is 0 Å². The van der Waals surface area contributed by atoms with Gasteiger partial charge in [-0.05, 0) is 67.1 Å². The first kappa shape index (κ1) is 20.9. The van der Waals surface area contributed by atoms with Gasteiger partial charge in [0, 0.05) is 27.7 Å². The smallest absolute Gasteiger partial charge is 0.170 e. The van der Waals surface area contributed by atoms with E-state index in [0.29, 0.717) is 15.2 Å². The lowest BCUT2D eigenvalue weighted by molar-refractivity contribution is 0.641. The zero-order valence-corrected chi connectivity index (χ0v) is 18.7. The molecule has 0 aliphatic heterocycles. The molecular weight excluding hydrogens is 509 g/mol. The molecular formula is C17H17Br2Cl2N3S. The molecule has 0 saturated heterocycles. The molecule has 0 bridgehead atoms. The monoisotopic (exact) mass is 523 g/mol. The number of hydrogen-bond donors (Lipinski definition) is 3. The van der Waals surface area contributed by atoms with Crippen molar-refractivity contribution in [1.29, 1.82) is 0 Å². The van der Waals surface area contributed by atoms with Crippen LogP contribution in [0.1, 0.15) is 12.0 Å². The van der Waals surface area contributed by atoms with E-state index in [1.165, 1.54) is 5.56 Å². The van der Waals surface area contributed by atoms with Crippen LogP contribution in [-0.4, -0.2) is 18.2 Å². The van der Waals surface area contributed by atoms with Gasteiger partial charge < -0.3 is 16.0 Å². The molecule has 3 N–H and O–H groups in total. The van der Waals surface area contributed by atoms with Crippen molar-refractivity contribution < 1.29 is 0 Å². The molecule has 0 aliphatic rings. The van der Waals surface area contributed by atoms with E-state index < -0.39 is 0 Å². The van der Waals surface area contributed by atoms with Crippen molar-refractivity contribution in [3.63, 3.8) is 0 Å². The number of benzene rings is 2. The summed E-state index contributed by atoms with van der Waals surface area (Å²) in [6.07, 6.45) is 0.957. The van der Waals surface area contributed by atoms with Crippen LogP contribution >= 0.6 is 67.3 Å². The van der Waals surface area contributed by atoms with Crippen LogP contribution in [0.5, 0.6) is 0 Å². The number of anilines is 1. The Morgan fingerprint density at radius 2 is 1.68 bits per heavy atom. The molecule has 0 amide bonds. The predicted molar refractivity (Wildman–Crippen MR) is 119 cm³/mol. The number of rotatable bonds is 7. The molecule has 0 heterocycles. The Morgan fingerprint density at radius 1 is 0.960 bits per heavy atom. The fourth-order valence-corrected chi connectivity index (χ4v) is 4.02. The van der Waals surface area contributed by atoms with E-state index in [1.807, 2.05) is 12.1 Å². The second-order valence-corrected chi connectivity index (χ2v) is 8.37. The summed E-state index contributed by atoms with van der Waals surface area (Å²) in [5, 5.41) is 11.3. The summed E-state index contributed by atoms with van der Waals surface area (Å²) in [7, 11) is 0. The van der Waals surface area contributed by atoms with E-state index in [2.05, 4.69) is 59.9 Å². The van der Waals surface area contributed by atoms with Crippen molar-refractivity contribution in [2.24, 2.45) is 0 Å². The highest BCUT2D eigenvalue weighted by atomic mass is 79.9. The lowest BCUT2D eigenvalue weighted by Gasteiger charge is -2.11. The first-order valence-corrected chi connectivity index (χ1v) is 10.3. The van der Waals surface area contributed by atoms with Crippen LogP contribution in [-0.2, 0) is 6.54 Å². The van der Waals surface area contributed by atoms with Gasteiger partial charge in [-0.25, -0.2) is 0 Å². The molecule has 0 spiro atoms. The SMILES string of the molecule is S=C(NCCCNCc1cc(Br)cc(Br)c1)Nc1ccc(Cl)c(Cl)c1. The molecule has 134 valence electrons. The van der Waals surface area contributed by atoms with Gasteiger partial charge in [-0.1, -0.05) is 55.1 Å². The molecule has 2 aromatic rings. The molecule has 3 nitrogen and oxygen atoms in total. The summed E-state index contributed by atoms with van der Waals surface area (Å²) in [5.74, 6) is 0. The van der Waals surface area contributed by atoms with Crippen LogP contribution in [0, 0.1) is 0 Å². The second kappa shape index (κ2) is 10.7. The Kier molecular flexibility index (Phi) is 8.96. The van der Waals surface area contributed by atoms with Crippen LogP contribution in [0.4, 0.5) is 5.69 Å². The maximum Gasteiger partial charge on any atom is 0.170 e. The standard InChI is InChI=1S/C17H17Br2Cl2N3S/c18-12-6-11(7-13(19)8-12)10-22-4-1-5-23-17(25)24-14-2-3-15(20)16(21)9-14/h2-3,6-9,22H,1,4-5,10H2,(H2,23,24,25). The summed E-state index contributed by atoms with van der Waals surface area (Å²) >= 11 is 24.1. The summed E-state index contributed by atoms with van der Waals surface area (Å²) in [6.45, 7) is 2.50. The lowest BCUT2D eigenvalue weighted by Crippen LogP contribution is -2.30. The minimum Gasteiger partial charge on any atom is -0.362 e.